The van der Waals surface area contributed by atoms with Crippen LogP contribution >= 0.6 is 0 Å². The molecular formula is C13H18O4. The van der Waals surface area contributed by atoms with E-state index in [1.54, 1.807) is 6.92 Å². The first kappa shape index (κ1) is 13.7. The van der Waals surface area contributed by atoms with Crippen LogP contribution in [-0.4, -0.2) is 23.1 Å². The molecule has 0 atom stereocenters. The van der Waals surface area contributed by atoms with Crippen LogP contribution in [0.4, 0.5) is 0 Å². The third-order valence-corrected chi connectivity index (χ3v) is 3.16. The van der Waals surface area contributed by atoms with Crippen LogP contribution in [0.3, 0.4) is 0 Å². The predicted octanol–water partition coefficient (Wildman–Crippen LogP) is 1.50. The average Bonchev–Trinajstić information content (AvgIpc) is 2.27. The van der Waals surface area contributed by atoms with E-state index in [0.29, 0.717) is 12.8 Å². The maximum atomic E-state index is 11.8. The number of hydrogen-bond donors (Lipinski definition) is 0. The molecule has 4 heteroatoms. The van der Waals surface area contributed by atoms with Gasteiger partial charge in [-0.15, -0.1) is 0 Å². The Balaban J connectivity index is 2.75. The van der Waals surface area contributed by atoms with E-state index in [-0.39, 0.29) is 42.4 Å². The van der Waals surface area contributed by atoms with Crippen molar-refractivity contribution in [2.45, 2.75) is 46.0 Å². The standard InChI is InChI=1S/C13H18O4/c1-3-5-10(15)13-11(16)6-8(7-12(13)17)9(14)4-2/h8,13H,3-7H2,1-2H3. The van der Waals surface area contributed by atoms with Crippen LogP contribution in [0, 0.1) is 11.8 Å². The molecule has 0 radical (unpaired) electrons. The molecule has 0 aromatic carbocycles. The molecule has 1 aliphatic carbocycles. The molecular weight excluding hydrogens is 220 g/mol. The monoisotopic (exact) mass is 238 g/mol. The minimum absolute atomic E-state index is 0.0541. The van der Waals surface area contributed by atoms with Crippen molar-refractivity contribution in [2.75, 3.05) is 0 Å². The van der Waals surface area contributed by atoms with Crippen molar-refractivity contribution >= 4 is 23.1 Å². The third kappa shape index (κ3) is 3.08. The number of carbonyl (C=O) groups is 4. The Hall–Kier alpha value is -1.32. The van der Waals surface area contributed by atoms with Crippen LogP contribution in [0.5, 0.6) is 0 Å². The first-order valence-corrected chi connectivity index (χ1v) is 6.12. The summed E-state index contributed by atoms with van der Waals surface area (Å²) in [6.45, 7) is 3.55. The van der Waals surface area contributed by atoms with Gasteiger partial charge in [0.05, 0.1) is 0 Å². The van der Waals surface area contributed by atoms with Gasteiger partial charge in [-0.1, -0.05) is 13.8 Å². The van der Waals surface area contributed by atoms with E-state index in [0.717, 1.165) is 0 Å². The van der Waals surface area contributed by atoms with Gasteiger partial charge in [-0.05, 0) is 6.42 Å². The van der Waals surface area contributed by atoms with E-state index in [1.807, 2.05) is 6.92 Å². The number of rotatable bonds is 5. The van der Waals surface area contributed by atoms with Crippen molar-refractivity contribution < 1.29 is 19.2 Å². The molecule has 0 saturated heterocycles. The summed E-state index contributed by atoms with van der Waals surface area (Å²) in [5, 5.41) is 0. The molecule has 0 unspecified atom stereocenters. The molecule has 1 rings (SSSR count). The van der Waals surface area contributed by atoms with Gasteiger partial charge in [-0.3, -0.25) is 19.2 Å². The first-order chi connectivity index (χ1) is 8.01. The molecule has 1 fully saturated rings. The van der Waals surface area contributed by atoms with E-state index in [9.17, 15) is 19.2 Å². The third-order valence-electron chi connectivity index (χ3n) is 3.16. The largest absolute Gasteiger partial charge is 0.299 e. The summed E-state index contributed by atoms with van der Waals surface area (Å²) >= 11 is 0. The molecule has 0 aromatic rings. The summed E-state index contributed by atoms with van der Waals surface area (Å²) in [5.41, 5.74) is 0. The Labute approximate surface area is 101 Å². The van der Waals surface area contributed by atoms with Crippen LogP contribution < -0.4 is 0 Å². The number of hydrogen-bond acceptors (Lipinski definition) is 4. The summed E-state index contributed by atoms with van der Waals surface area (Å²) in [4.78, 5) is 46.6. The minimum atomic E-state index is -1.09. The minimum Gasteiger partial charge on any atom is -0.299 e. The fraction of sp³-hybridized carbons (Fsp3) is 0.692. The second-order valence-electron chi connectivity index (χ2n) is 4.51. The summed E-state index contributed by atoms with van der Waals surface area (Å²) < 4.78 is 0. The molecule has 0 amide bonds. The van der Waals surface area contributed by atoms with Gasteiger partial charge in [-0.25, -0.2) is 0 Å². The summed E-state index contributed by atoms with van der Waals surface area (Å²) in [5.74, 6) is -2.67. The number of ketones is 4. The maximum Gasteiger partial charge on any atom is 0.151 e. The number of carbonyl (C=O) groups excluding carboxylic acids is 4. The molecule has 1 saturated carbocycles. The van der Waals surface area contributed by atoms with Gasteiger partial charge in [0.1, 0.15) is 11.7 Å². The van der Waals surface area contributed by atoms with Gasteiger partial charge < -0.3 is 0 Å². The second kappa shape index (κ2) is 5.84. The van der Waals surface area contributed by atoms with E-state index in [1.165, 1.54) is 0 Å². The summed E-state index contributed by atoms with van der Waals surface area (Å²) in [6.07, 6.45) is 1.33. The summed E-state index contributed by atoms with van der Waals surface area (Å²) in [6, 6.07) is 0. The Bertz CT molecular complexity index is 338. The van der Waals surface area contributed by atoms with E-state index < -0.39 is 11.8 Å². The quantitative estimate of drug-likeness (QED) is 0.681. The molecule has 0 heterocycles. The molecule has 0 aliphatic heterocycles. The highest BCUT2D eigenvalue weighted by molar-refractivity contribution is 6.21. The highest BCUT2D eigenvalue weighted by atomic mass is 16.2. The maximum absolute atomic E-state index is 11.8. The molecule has 0 aromatic heterocycles. The highest BCUT2D eigenvalue weighted by Gasteiger charge is 2.41. The lowest BCUT2D eigenvalue weighted by Crippen LogP contribution is -2.40. The van der Waals surface area contributed by atoms with Crippen molar-refractivity contribution in [2.24, 2.45) is 11.8 Å². The average molecular weight is 238 g/mol. The van der Waals surface area contributed by atoms with Crippen LogP contribution in [-0.2, 0) is 19.2 Å². The zero-order valence-corrected chi connectivity index (χ0v) is 10.3. The van der Waals surface area contributed by atoms with Gasteiger partial charge in [0.15, 0.2) is 17.3 Å². The zero-order valence-electron chi connectivity index (χ0n) is 10.3. The zero-order chi connectivity index (χ0) is 13.0. The highest BCUT2D eigenvalue weighted by Crippen LogP contribution is 2.26. The molecule has 0 N–H and O–H groups in total. The van der Waals surface area contributed by atoms with Crippen LogP contribution in [0.15, 0.2) is 0 Å². The van der Waals surface area contributed by atoms with Gasteiger partial charge in [0.25, 0.3) is 0 Å². The van der Waals surface area contributed by atoms with E-state index >= 15 is 0 Å². The lowest BCUT2D eigenvalue weighted by Gasteiger charge is -2.24. The van der Waals surface area contributed by atoms with Crippen LogP contribution in [0.25, 0.3) is 0 Å². The van der Waals surface area contributed by atoms with Gasteiger partial charge in [0.2, 0.25) is 0 Å². The number of Topliss-reactive ketones (excluding diaryl/α,β-unsaturated/α-hetero) is 4. The van der Waals surface area contributed by atoms with Crippen LogP contribution in [0.2, 0.25) is 0 Å². The van der Waals surface area contributed by atoms with Crippen molar-refractivity contribution in [1.29, 1.82) is 0 Å². The van der Waals surface area contributed by atoms with Crippen LogP contribution in [0.1, 0.15) is 46.0 Å². The second-order valence-corrected chi connectivity index (χ2v) is 4.51. The Kier molecular flexibility index (Phi) is 4.73. The Morgan fingerprint density at radius 3 is 2.00 bits per heavy atom. The van der Waals surface area contributed by atoms with Crippen molar-refractivity contribution in [1.82, 2.24) is 0 Å². The first-order valence-electron chi connectivity index (χ1n) is 6.12. The van der Waals surface area contributed by atoms with Gasteiger partial charge >= 0.3 is 0 Å². The van der Waals surface area contributed by atoms with Crippen molar-refractivity contribution in [3.63, 3.8) is 0 Å². The normalized spacial score (nSPS) is 24.8. The van der Waals surface area contributed by atoms with E-state index in [4.69, 9.17) is 0 Å². The Morgan fingerprint density at radius 2 is 1.59 bits per heavy atom. The Morgan fingerprint density at radius 1 is 1.06 bits per heavy atom. The van der Waals surface area contributed by atoms with Crippen molar-refractivity contribution in [3.05, 3.63) is 0 Å². The smallest absolute Gasteiger partial charge is 0.151 e. The summed E-state index contributed by atoms with van der Waals surface area (Å²) in [7, 11) is 0. The fourth-order valence-corrected chi connectivity index (χ4v) is 2.24. The predicted molar refractivity (Wildman–Crippen MR) is 61.4 cm³/mol. The van der Waals surface area contributed by atoms with E-state index in [2.05, 4.69) is 0 Å². The SMILES string of the molecule is CCCC(=O)C1C(=O)CC(C(=O)CC)CC1=O. The fourth-order valence-electron chi connectivity index (χ4n) is 2.24. The molecule has 0 bridgehead atoms. The topological polar surface area (TPSA) is 68.3 Å². The molecule has 94 valence electrons. The lowest BCUT2D eigenvalue weighted by atomic mass is 9.75. The van der Waals surface area contributed by atoms with Gasteiger partial charge in [0, 0.05) is 31.6 Å². The lowest BCUT2D eigenvalue weighted by molar-refractivity contribution is -0.146. The molecule has 1 aliphatic rings. The molecule has 4 nitrogen and oxygen atoms in total. The molecule has 17 heavy (non-hydrogen) atoms. The van der Waals surface area contributed by atoms with Gasteiger partial charge in [-0.2, -0.15) is 0 Å². The van der Waals surface area contributed by atoms with Crippen molar-refractivity contribution in [3.8, 4) is 0 Å². The molecule has 0 spiro atoms.